The van der Waals surface area contributed by atoms with Crippen LogP contribution in [0.5, 0.6) is 11.5 Å². The number of hydrogen-bond acceptors (Lipinski definition) is 4. The Morgan fingerprint density at radius 2 is 2.00 bits per heavy atom. The summed E-state index contributed by atoms with van der Waals surface area (Å²) in [6.45, 7) is 0.824. The van der Waals surface area contributed by atoms with Gasteiger partial charge >= 0.3 is 5.97 Å². The van der Waals surface area contributed by atoms with E-state index < -0.39 is 11.9 Å². The standard InChI is InChI=1S/C15H16BrNO5/c16-8-6-10(13-12(7-8)21-4-5-22-13)14(18)17-11-3-1-2-9(11)15(19)20/h6-7,9,11H,1-5H2,(H,17,18)(H,19,20)/t9-,11+/m1/s1. The number of carboxylic acid groups (broad SMARTS) is 1. The van der Waals surface area contributed by atoms with Crippen molar-refractivity contribution in [3.05, 3.63) is 22.2 Å². The Morgan fingerprint density at radius 3 is 2.77 bits per heavy atom. The molecule has 1 amide bonds. The van der Waals surface area contributed by atoms with Crippen LogP contribution >= 0.6 is 15.9 Å². The number of ether oxygens (including phenoxy) is 2. The number of nitrogens with one attached hydrogen (secondary N) is 1. The molecular weight excluding hydrogens is 354 g/mol. The predicted octanol–water partition coefficient (Wildman–Crippen LogP) is 2.20. The molecule has 1 aliphatic heterocycles. The normalized spacial score (nSPS) is 23.1. The van der Waals surface area contributed by atoms with Crippen LogP contribution in [0.2, 0.25) is 0 Å². The predicted molar refractivity (Wildman–Crippen MR) is 81.4 cm³/mol. The summed E-state index contributed by atoms with van der Waals surface area (Å²) in [6.07, 6.45) is 2.07. The minimum atomic E-state index is -0.862. The lowest BCUT2D eigenvalue weighted by atomic mass is 10.0. The Labute approximate surface area is 135 Å². The molecule has 0 bridgehead atoms. The van der Waals surface area contributed by atoms with E-state index in [2.05, 4.69) is 21.2 Å². The van der Waals surface area contributed by atoms with Gasteiger partial charge in [-0.1, -0.05) is 22.4 Å². The SMILES string of the molecule is O=C(N[C@H]1CCC[C@H]1C(=O)O)c1cc(Br)cc2c1OCCO2. The van der Waals surface area contributed by atoms with Crippen molar-refractivity contribution in [2.75, 3.05) is 13.2 Å². The Bertz CT molecular complexity index is 618. The van der Waals surface area contributed by atoms with Crippen molar-refractivity contribution in [1.82, 2.24) is 5.32 Å². The number of fused-ring (bicyclic) bond motifs is 1. The zero-order valence-electron chi connectivity index (χ0n) is 11.8. The first-order chi connectivity index (χ1) is 10.6. The van der Waals surface area contributed by atoms with E-state index in [9.17, 15) is 14.7 Å². The summed E-state index contributed by atoms with van der Waals surface area (Å²) < 4.78 is 11.8. The average molecular weight is 370 g/mol. The summed E-state index contributed by atoms with van der Waals surface area (Å²) in [6, 6.07) is 3.07. The lowest BCUT2D eigenvalue weighted by Gasteiger charge is -2.23. The number of aliphatic carboxylic acids is 1. The minimum absolute atomic E-state index is 0.332. The van der Waals surface area contributed by atoms with Gasteiger partial charge in [0.2, 0.25) is 0 Å². The van der Waals surface area contributed by atoms with Gasteiger partial charge in [-0.3, -0.25) is 9.59 Å². The first-order valence-corrected chi connectivity index (χ1v) is 7.98. The van der Waals surface area contributed by atoms with Gasteiger partial charge in [0.25, 0.3) is 5.91 Å². The van der Waals surface area contributed by atoms with Crippen molar-refractivity contribution in [2.45, 2.75) is 25.3 Å². The maximum absolute atomic E-state index is 12.5. The van der Waals surface area contributed by atoms with Crippen molar-refractivity contribution in [3.8, 4) is 11.5 Å². The molecule has 1 saturated carbocycles. The molecule has 0 aromatic heterocycles. The quantitative estimate of drug-likeness (QED) is 0.852. The van der Waals surface area contributed by atoms with Gasteiger partial charge in [-0.15, -0.1) is 0 Å². The van der Waals surface area contributed by atoms with Gasteiger partial charge in [0.05, 0.1) is 11.5 Å². The van der Waals surface area contributed by atoms with Crippen molar-refractivity contribution >= 4 is 27.8 Å². The maximum atomic E-state index is 12.5. The third-order valence-electron chi connectivity index (χ3n) is 4.00. The molecule has 7 heteroatoms. The number of carbonyl (C=O) groups excluding carboxylic acids is 1. The molecule has 2 aliphatic rings. The summed E-state index contributed by atoms with van der Waals surface area (Å²) in [5.41, 5.74) is 0.361. The molecule has 0 saturated heterocycles. The van der Waals surface area contributed by atoms with Crippen LogP contribution in [-0.2, 0) is 4.79 Å². The van der Waals surface area contributed by atoms with Crippen LogP contribution in [0.25, 0.3) is 0 Å². The monoisotopic (exact) mass is 369 g/mol. The second-order valence-electron chi connectivity index (χ2n) is 5.43. The second kappa shape index (κ2) is 6.16. The molecule has 3 rings (SSSR count). The highest BCUT2D eigenvalue weighted by atomic mass is 79.9. The summed E-state index contributed by atoms with van der Waals surface area (Å²) in [4.78, 5) is 23.7. The van der Waals surface area contributed by atoms with Crippen LogP contribution in [0.3, 0.4) is 0 Å². The topological polar surface area (TPSA) is 84.9 Å². The van der Waals surface area contributed by atoms with Crippen molar-refractivity contribution in [2.24, 2.45) is 5.92 Å². The zero-order valence-corrected chi connectivity index (χ0v) is 13.4. The summed E-state index contributed by atoms with van der Waals surface area (Å²) in [7, 11) is 0. The largest absolute Gasteiger partial charge is 0.486 e. The minimum Gasteiger partial charge on any atom is -0.486 e. The van der Waals surface area contributed by atoms with Gasteiger partial charge in [-0.2, -0.15) is 0 Å². The molecule has 0 unspecified atom stereocenters. The Morgan fingerprint density at radius 1 is 1.23 bits per heavy atom. The van der Waals surface area contributed by atoms with Gasteiger partial charge in [0.1, 0.15) is 13.2 Å². The van der Waals surface area contributed by atoms with Gasteiger partial charge in [-0.05, 0) is 25.0 Å². The number of rotatable bonds is 3. The molecule has 1 aliphatic carbocycles. The van der Waals surface area contributed by atoms with E-state index in [1.165, 1.54) is 0 Å². The van der Waals surface area contributed by atoms with E-state index >= 15 is 0 Å². The van der Waals surface area contributed by atoms with Crippen LogP contribution in [-0.4, -0.2) is 36.2 Å². The lowest BCUT2D eigenvalue weighted by molar-refractivity contribution is -0.142. The number of carboxylic acids is 1. The third-order valence-corrected chi connectivity index (χ3v) is 4.46. The summed E-state index contributed by atoms with van der Waals surface area (Å²) in [5.74, 6) is -0.784. The fraction of sp³-hybridized carbons (Fsp3) is 0.467. The first kappa shape index (κ1) is 15.1. The van der Waals surface area contributed by atoms with Gasteiger partial charge in [0, 0.05) is 10.5 Å². The number of benzene rings is 1. The second-order valence-corrected chi connectivity index (χ2v) is 6.35. The Balaban J connectivity index is 1.83. The molecule has 1 fully saturated rings. The highest BCUT2D eigenvalue weighted by molar-refractivity contribution is 9.10. The number of carbonyl (C=O) groups is 2. The van der Waals surface area contributed by atoms with Crippen LogP contribution in [0.15, 0.2) is 16.6 Å². The fourth-order valence-electron chi connectivity index (χ4n) is 2.96. The van der Waals surface area contributed by atoms with E-state index in [4.69, 9.17) is 9.47 Å². The van der Waals surface area contributed by atoms with Crippen molar-refractivity contribution in [1.29, 1.82) is 0 Å². The highest BCUT2D eigenvalue weighted by Crippen LogP contribution is 2.37. The summed E-state index contributed by atoms with van der Waals surface area (Å²) >= 11 is 3.35. The number of amides is 1. The Kier molecular flexibility index (Phi) is 4.24. The molecule has 118 valence electrons. The lowest BCUT2D eigenvalue weighted by Crippen LogP contribution is -2.40. The van der Waals surface area contributed by atoms with Gasteiger partial charge in [0.15, 0.2) is 11.5 Å². The molecule has 22 heavy (non-hydrogen) atoms. The molecule has 0 radical (unpaired) electrons. The molecule has 6 nitrogen and oxygen atoms in total. The van der Waals surface area contributed by atoms with Crippen molar-refractivity contribution < 1.29 is 24.2 Å². The molecule has 2 N–H and O–H groups in total. The van der Waals surface area contributed by atoms with Crippen LogP contribution in [0, 0.1) is 5.92 Å². The molecule has 1 aromatic carbocycles. The van der Waals surface area contributed by atoms with Gasteiger partial charge < -0.3 is 19.9 Å². The van der Waals surface area contributed by atoms with Crippen molar-refractivity contribution in [3.63, 3.8) is 0 Å². The van der Waals surface area contributed by atoms with E-state index in [-0.39, 0.29) is 11.9 Å². The van der Waals surface area contributed by atoms with Crippen LogP contribution in [0.1, 0.15) is 29.6 Å². The van der Waals surface area contributed by atoms with Gasteiger partial charge in [-0.25, -0.2) is 0 Å². The smallest absolute Gasteiger partial charge is 0.308 e. The van der Waals surface area contributed by atoms with Crippen LogP contribution in [0.4, 0.5) is 0 Å². The number of hydrogen-bond donors (Lipinski definition) is 2. The summed E-state index contributed by atoms with van der Waals surface area (Å²) in [5, 5.41) is 12.0. The maximum Gasteiger partial charge on any atom is 0.308 e. The molecule has 1 aromatic rings. The van der Waals surface area contributed by atoms with E-state index in [0.717, 1.165) is 6.42 Å². The zero-order chi connectivity index (χ0) is 15.7. The molecular formula is C15H16BrNO5. The van der Waals surface area contributed by atoms with E-state index in [1.54, 1.807) is 12.1 Å². The van der Waals surface area contributed by atoms with Crippen LogP contribution < -0.4 is 14.8 Å². The average Bonchev–Trinajstić information content (AvgIpc) is 2.94. The van der Waals surface area contributed by atoms with E-state index in [1.807, 2.05) is 0 Å². The first-order valence-electron chi connectivity index (χ1n) is 7.19. The fourth-order valence-corrected chi connectivity index (χ4v) is 3.40. The molecule has 0 spiro atoms. The highest BCUT2D eigenvalue weighted by Gasteiger charge is 2.35. The molecule has 1 heterocycles. The Hall–Kier alpha value is -1.76. The molecule has 2 atom stereocenters. The van der Waals surface area contributed by atoms with E-state index in [0.29, 0.717) is 47.6 Å². The number of halogens is 1. The third kappa shape index (κ3) is 2.90.